The molecule has 4 heteroatoms. The standard InChI is InChI=1S/C37H35O2PS/c1-36(2)27-21-22-37(36)24-41-35(39-34(37)23-27)30-17-7-8-18-33(30)40(38,31-19-9-13-25-11-3-5-15-28(25)31)32-20-10-14-26-12-4-6-16-29(26)32/h3-20,27,34-35H,21-24H2,1-2H3/t27-,34-,35-,37-/m1/s1. The van der Waals surface area contributed by atoms with Crippen molar-refractivity contribution in [2.24, 2.45) is 16.7 Å². The topological polar surface area (TPSA) is 26.3 Å². The van der Waals surface area contributed by atoms with Crippen molar-refractivity contribution in [2.45, 2.75) is 44.6 Å². The van der Waals surface area contributed by atoms with E-state index in [1.807, 2.05) is 11.8 Å². The molecule has 206 valence electrons. The van der Waals surface area contributed by atoms with Gasteiger partial charge < -0.3 is 9.30 Å². The molecular weight excluding hydrogens is 539 g/mol. The molecule has 4 atom stereocenters. The highest BCUT2D eigenvalue weighted by Crippen LogP contribution is 2.70. The van der Waals surface area contributed by atoms with E-state index in [0.29, 0.717) is 5.41 Å². The average Bonchev–Trinajstić information content (AvgIpc) is 3.39. The first kappa shape index (κ1) is 25.8. The van der Waals surface area contributed by atoms with Gasteiger partial charge in [0.05, 0.1) is 6.10 Å². The highest BCUT2D eigenvalue weighted by molar-refractivity contribution is 7.99. The van der Waals surface area contributed by atoms with Gasteiger partial charge in [-0.25, -0.2) is 0 Å². The van der Waals surface area contributed by atoms with Crippen molar-refractivity contribution in [1.82, 2.24) is 0 Å². The van der Waals surface area contributed by atoms with E-state index < -0.39 is 7.14 Å². The number of hydrogen-bond acceptors (Lipinski definition) is 3. The van der Waals surface area contributed by atoms with Crippen LogP contribution in [0.4, 0.5) is 0 Å². The molecule has 2 bridgehead atoms. The molecule has 3 fully saturated rings. The first-order valence-corrected chi connectivity index (χ1v) is 17.6. The minimum absolute atomic E-state index is 0.129. The second-order valence-corrected chi connectivity index (χ2v) is 16.5. The van der Waals surface area contributed by atoms with Gasteiger partial charge in [0, 0.05) is 32.6 Å². The number of fused-ring (bicyclic) bond motifs is 3. The van der Waals surface area contributed by atoms with Crippen LogP contribution in [0.1, 0.15) is 44.1 Å². The molecule has 1 saturated heterocycles. The summed E-state index contributed by atoms with van der Waals surface area (Å²) >= 11 is 1.93. The minimum atomic E-state index is -3.33. The van der Waals surface area contributed by atoms with E-state index in [1.165, 1.54) is 12.8 Å². The van der Waals surface area contributed by atoms with Gasteiger partial charge in [0.25, 0.3) is 0 Å². The number of ether oxygens (including phenoxy) is 1. The molecule has 0 aromatic heterocycles. The molecule has 41 heavy (non-hydrogen) atoms. The van der Waals surface area contributed by atoms with Gasteiger partial charge in [-0.3, -0.25) is 0 Å². The second kappa shape index (κ2) is 9.33. The Morgan fingerprint density at radius 2 is 1.29 bits per heavy atom. The molecule has 2 saturated carbocycles. The SMILES string of the molecule is CC1(C)[C@@H]2CC[C@]13CS[C@H](c1ccccc1P(=O)(c1cccc4ccccc14)c1cccc4ccccc14)O[C@@H]3C2. The molecule has 1 aliphatic heterocycles. The summed E-state index contributed by atoms with van der Waals surface area (Å²) in [4.78, 5) is 0. The molecule has 8 rings (SSSR count). The Kier molecular flexibility index (Phi) is 5.88. The lowest BCUT2D eigenvalue weighted by Crippen LogP contribution is -2.46. The van der Waals surface area contributed by atoms with Crippen molar-refractivity contribution in [3.63, 3.8) is 0 Å². The van der Waals surface area contributed by atoms with Crippen molar-refractivity contribution in [3.8, 4) is 0 Å². The summed E-state index contributed by atoms with van der Waals surface area (Å²) in [5, 5.41) is 7.02. The predicted octanol–water partition coefficient (Wildman–Crippen LogP) is 8.59. The highest BCUT2D eigenvalue weighted by Gasteiger charge is 2.66. The van der Waals surface area contributed by atoms with Gasteiger partial charge in [0.15, 0.2) is 7.14 Å². The third kappa shape index (κ3) is 3.59. The molecule has 1 spiro atoms. The Balaban J connectivity index is 1.34. The van der Waals surface area contributed by atoms with E-state index in [9.17, 15) is 0 Å². The van der Waals surface area contributed by atoms with E-state index >= 15 is 4.57 Å². The largest absolute Gasteiger partial charge is 0.359 e. The minimum Gasteiger partial charge on any atom is -0.359 e. The van der Waals surface area contributed by atoms with Crippen LogP contribution in [-0.2, 0) is 9.30 Å². The van der Waals surface area contributed by atoms with E-state index in [1.54, 1.807) is 0 Å². The van der Waals surface area contributed by atoms with E-state index in [0.717, 1.165) is 61.1 Å². The van der Waals surface area contributed by atoms with Crippen molar-refractivity contribution in [3.05, 3.63) is 115 Å². The van der Waals surface area contributed by atoms with Crippen LogP contribution in [0.15, 0.2) is 109 Å². The van der Waals surface area contributed by atoms with Gasteiger partial charge in [-0.15, -0.1) is 11.8 Å². The zero-order valence-electron chi connectivity index (χ0n) is 23.6. The third-order valence-electron chi connectivity index (χ3n) is 10.9. The van der Waals surface area contributed by atoms with Crippen molar-refractivity contribution >= 4 is 56.4 Å². The molecular formula is C37H35O2PS. The van der Waals surface area contributed by atoms with Gasteiger partial charge >= 0.3 is 0 Å². The zero-order valence-corrected chi connectivity index (χ0v) is 25.3. The van der Waals surface area contributed by atoms with Crippen molar-refractivity contribution < 1.29 is 9.30 Å². The predicted molar refractivity (Wildman–Crippen MR) is 174 cm³/mol. The van der Waals surface area contributed by atoms with Crippen LogP contribution in [0.25, 0.3) is 21.5 Å². The fraction of sp³-hybridized carbons (Fsp3) is 0.297. The first-order valence-electron chi connectivity index (χ1n) is 14.9. The van der Waals surface area contributed by atoms with Gasteiger partial charge in [0.2, 0.25) is 0 Å². The fourth-order valence-corrected chi connectivity index (χ4v) is 13.6. The van der Waals surface area contributed by atoms with Crippen LogP contribution < -0.4 is 15.9 Å². The molecule has 5 aromatic rings. The molecule has 0 radical (unpaired) electrons. The summed E-state index contributed by atoms with van der Waals surface area (Å²) in [7, 11) is -3.33. The monoisotopic (exact) mass is 574 g/mol. The fourth-order valence-electron chi connectivity index (χ4n) is 8.44. The summed E-state index contributed by atoms with van der Waals surface area (Å²) in [5.41, 5.74) is 1.51. The van der Waals surface area contributed by atoms with Crippen LogP contribution in [0, 0.1) is 16.7 Å². The molecule has 3 aliphatic rings. The van der Waals surface area contributed by atoms with Gasteiger partial charge in [-0.05, 0) is 52.1 Å². The normalized spacial score (nSPS) is 26.8. The zero-order chi connectivity index (χ0) is 27.8. The summed E-state index contributed by atoms with van der Waals surface area (Å²) in [6.45, 7) is 4.94. The van der Waals surface area contributed by atoms with Crippen molar-refractivity contribution in [1.29, 1.82) is 0 Å². The van der Waals surface area contributed by atoms with Gasteiger partial charge in [0.1, 0.15) is 5.44 Å². The molecule has 5 aromatic carbocycles. The molecule has 0 N–H and O–H groups in total. The van der Waals surface area contributed by atoms with E-state index in [4.69, 9.17) is 4.74 Å². The lowest BCUT2D eigenvalue weighted by Gasteiger charge is -2.47. The average molecular weight is 575 g/mol. The molecule has 0 unspecified atom stereocenters. The third-order valence-corrected chi connectivity index (χ3v) is 15.5. The van der Waals surface area contributed by atoms with E-state index in [-0.39, 0.29) is 17.0 Å². The first-order chi connectivity index (χ1) is 19.9. The van der Waals surface area contributed by atoms with Crippen LogP contribution in [0.2, 0.25) is 0 Å². The lowest BCUT2D eigenvalue weighted by molar-refractivity contribution is -0.0667. The Bertz CT molecular complexity index is 1770. The molecule has 1 heterocycles. The Labute approximate surface area is 246 Å². The number of benzene rings is 5. The highest BCUT2D eigenvalue weighted by atomic mass is 32.2. The molecule has 0 amide bonds. The Morgan fingerprint density at radius 3 is 1.95 bits per heavy atom. The van der Waals surface area contributed by atoms with Crippen LogP contribution >= 0.6 is 18.9 Å². The smallest absolute Gasteiger partial charge is 0.172 e. The van der Waals surface area contributed by atoms with Crippen LogP contribution in [0.5, 0.6) is 0 Å². The Hall–Kier alpha value is -2.84. The van der Waals surface area contributed by atoms with Crippen molar-refractivity contribution in [2.75, 3.05) is 5.75 Å². The summed E-state index contributed by atoms with van der Waals surface area (Å²) in [5.74, 6) is 1.84. The second-order valence-electron chi connectivity index (χ2n) is 12.8. The summed E-state index contributed by atoms with van der Waals surface area (Å²) in [6.07, 6.45) is 4.01. The Morgan fingerprint density at radius 1 is 0.732 bits per heavy atom. The van der Waals surface area contributed by atoms with Crippen LogP contribution in [-0.4, -0.2) is 11.9 Å². The quantitative estimate of drug-likeness (QED) is 0.201. The van der Waals surface area contributed by atoms with Gasteiger partial charge in [-0.1, -0.05) is 123 Å². The summed E-state index contributed by atoms with van der Waals surface area (Å²) < 4.78 is 23.4. The number of rotatable bonds is 4. The van der Waals surface area contributed by atoms with Gasteiger partial charge in [-0.2, -0.15) is 0 Å². The summed E-state index contributed by atoms with van der Waals surface area (Å²) in [6, 6.07) is 37.7. The molecule has 2 nitrogen and oxygen atoms in total. The van der Waals surface area contributed by atoms with E-state index in [2.05, 4.69) is 123 Å². The maximum absolute atomic E-state index is 16.3. The maximum Gasteiger partial charge on any atom is 0.172 e. The lowest BCUT2D eigenvalue weighted by atomic mass is 9.69. The molecule has 2 aliphatic carbocycles. The number of thioether (sulfide) groups is 1. The maximum atomic E-state index is 16.3. The van der Waals surface area contributed by atoms with Crippen LogP contribution in [0.3, 0.4) is 0 Å². The number of hydrogen-bond donors (Lipinski definition) is 0.